The average Bonchev–Trinajstić information content (AvgIpc) is 2.61. The number of nitrogens with one attached hydrogen (secondary N) is 2. The maximum atomic E-state index is 12.8. The highest BCUT2D eigenvalue weighted by Crippen LogP contribution is 2.32. The van der Waals surface area contributed by atoms with E-state index in [2.05, 4.69) is 25.8 Å². The van der Waals surface area contributed by atoms with Gasteiger partial charge in [-0.1, -0.05) is 6.07 Å². The lowest BCUT2D eigenvalue weighted by molar-refractivity contribution is -0.138. The van der Waals surface area contributed by atoms with Crippen LogP contribution in [-0.4, -0.2) is 15.2 Å². The van der Waals surface area contributed by atoms with Gasteiger partial charge in [0.1, 0.15) is 0 Å². The summed E-state index contributed by atoms with van der Waals surface area (Å²) in [6.07, 6.45) is -7.75. The van der Waals surface area contributed by atoms with E-state index in [0.29, 0.717) is 0 Å². The summed E-state index contributed by atoms with van der Waals surface area (Å²) in [5, 5.41) is 12.7. The molecule has 2 N–H and O–H groups in total. The van der Waals surface area contributed by atoms with E-state index < -0.39 is 23.5 Å². The highest BCUT2D eigenvalue weighted by atomic mass is 19.4. The number of halogens is 6. The molecule has 0 saturated carbocycles. The Kier molecular flexibility index (Phi) is 5.08. The molecule has 0 fully saturated rings. The lowest BCUT2D eigenvalue weighted by atomic mass is 10.2. The predicted molar refractivity (Wildman–Crippen MR) is 89.3 cm³/mol. The van der Waals surface area contributed by atoms with Crippen molar-refractivity contribution in [3.8, 4) is 0 Å². The van der Waals surface area contributed by atoms with Gasteiger partial charge in [-0.05, 0) is 42.5 Å². The Bertz CT molecular complexity index is 953. The Labute approximate surface area is 154 Å². The number of anilines is 4. The lowest BCUT2D eigenvalue weighted by Crippen LogP contribution is -2.06. The van der Waals surface area contributed by atoms with E-state index in [-0.39, 0.29) is 23.1 Å². The van der Waals surface area contributed by atoms with E-state index >= 15 is 0 Å². The number of hydrogen-bond acceptors (Lipinski definition) is 5. The van der Waals surface area contributed by atoms with E-state index in [0.717, 1.165) is 24.3 Å². The van der Waals surface area contributed by atoms with Crippen LogP contribution in [0.2, 0.25) is 0 Å². The van der Waals surface area contributed by atoms with E-state index in [1.165, 1.54) is 30.5 Å². The van der Waals surface area contributed by atoms with Gasteiger partial charge in [0, 0.05) is 11.4 Å². The molecule has 11 heteroatoms. The fourth-order valence-corrected chi connectivity index (χ4v) is 2.21. The van der Waals surface area contributed by atoms with Crippen molar-refractivity contribution in [3.05, 3.63) is 65.9 Å². The summed E-state index contributed by atoms with van der Waals surface area (Å²) in [7, 11) is 0. The van der Waals surface area contributed by atoms with Gasteiger partial charge in [0.2, 0.25) is 5.95 Å². The van der Waals surface area contributed by atoms with Crippen LogP contribution in [0.3, 0.4) is 0 Å². The van der Waals surface area contributed by atoms with Crippen LogP contribution in [0.1, 0.15) is 11.1 Å². The maximum Gasteiger partial charge on any atom is 0.416 e. The molecule has 1 heterocycles. The molecule has 0 amide bonds. The molecular weight excluding hydrogens is 388 g/mol. The molecule has 0 bridgehead atoms. The quantitative estimate of drug-likeness (QED) is 0.576. The third-order valence-corrected chi connectivity index (χ3v) is 3.49. The molecule has 0 unspecified atom stereocenters. The van der Waals surface area contributed by atoms with Gasteiger partial charge in [0.15, 0.2) is 5.82 Å². The first-order valence-corrected chi connectivity index (χ1v) is 7.69. The van der Waals surface area contributed by atoms with Crippen molar-refractivity contribution in [2.24, 2.45) is 0 Å². The summed E-state index contributed by atoms with van der Waals surface area (Å²) in [4.78, 5) is 4.03. The molecule has 2 aromatic carbocycles. The minimum absolute atomic E-state index is 0.0447. The van der Waals surface area contributed by atoms with Gasteiger partial charge in [-0.15, -0.1) is 5.10 Å². The molecule has 0 radical (unpaired) electrons. The van der Waals surface area contributed by atoms with Crippen LogP contribution >= 0.6 is 0 Å². The van der Waals surface area contributed by atoms with Gasteiger partial charge in [0.05, 0.1) is 17.3 Å². The summed E-state index contributed by atoms with van der Waals surface area (Å²) in [6, 6.07) is 8.66. The van der Waals surface area contributed by atoms with Crippen LogP contribution in [0, 0.1) is 0 Å². The molecule has 0 atom stereocenters. The van der Waals surface area contributed by atoms with Gasteiger partial charge in [-0.2, -0.15) is 36.4 Å². The minimum Gasteiger partial charge on any atom is -0.339 e. The number of benzene rings is 2. The van der Waals surface area contributed by atoms with Crippen molar-refractivity contribution in [1.29, 1.82) is 0 Å². The smallest absolute Gasteiger partial charge is 0.339 e. The van der Waals surface area contributed by atoms with Crippen LogP contribution in [0.15, 0.2) is 54.7 Å². The van der Waals surface area contributed by atoms with E-state index in [4.69, 9.17) is 0 Å². The molecule has 5 nitrogen and oxygen atoms in total. The van der Waals surface area contributed by atoms with E-state index in [1.807, 2.05) is 0 Å². The Morgan fingerprint density at radius 1 is 0.714 bits per heavy atom. The van der Waals surface area contributed by atoms with Crippen molar-refractivity contribution < 1.29 is 26.3 Å². The van der Waals surface area contributed by atoms with Crippen molar-refractivity contribution in [2.75, 3.05) is 10.6 Å². The van der Waals surface area contributed by atoms with Crippen LogP contribution in [-0.2, 0) is 12.4 Å². The highest BCUT2D eigenvalue weighted by molar-refractivity contribution is 5.59. The third-order valence-electron chi connectivity index (χ3n) is 3.49. The lowest BCUT2D eigenvalue weighted by Gasteiger charge is -2.11. The van der Waals surface area contributed by atoms with Gasteiger partial charge in [-0.25, -0.2) is 0 Å². The third kappa shape index (κ3) is 4.87. The van der Waals surface area contributed by atoms with Crippen molar-refractivity contribution in [1.82, 2.24) is 15.2 Å². The first kappa shape index (κ1) is 19.4. The zero-order chi connectivity index (χ0) is 20.4. The van der Waals surface area contributed by atoms with Crippen LogP contribution < -0.4 is 10.6 Å². The van der Waals surface area contributed by atoms with Crippen LogP contribution in [0.25, 0.3) is 0 Å². The molecule has 0 spiro atoms. The summed E-state index contributed by atoms with van der Waals surface area (Å²) in [6.45, 7) is 0. The van der Waals surface area contributed by atoms with Crippen molar-refractivity contribution >= 4 is 23.1 Å². The molecule has 0 aliphatic carbocycles. The van der Waals surface area contributed by atoms with Gasteiger partial charge in [0.25, 0.3) is 0 Å². The minimum atomic E-state index is -4.49. The van der Waals surface area contributed by atoms with Crippen molar-refractivity contribution in [2.45, 2.75) is 12.4 Å². The largest absolute Gasteiger partial charge is 0.416 e. The molecular formula is C17H11F6N5. The normalized spacial score (nSPS) is 11.9. The summed E-state index contributed by atoms with van der Waals surface area (Å²) >= 11 is 0. The van der Waals surface area contributed by atoms with Crippen molar-refractivity contribution in [3.63, 3.8) is 0 Å². The standard InChI is InChI=1S/C17H11F6N5/c18-16(19,20)10-4-6-12(7-5-10)26-15-27-14(9-24-28-15)25-13-3-1-2-11(8-13)17(21,22)23/h1-9H,(H2,25,26,27,28). The first-order valence-electron chi connectivity index (χ1n) is 7.69. The summed E-state index contributed by atoms with van der Waals surface area (Å²) in [5.41, 5.74) is -1.22. The maximum absolute atomic E-state index is 12.8. The molecule has 146 valence electrons. The number of nitrogens with zero attached hydrogens (tertiary/aromatic N) is 3. The Hall–Kier alpha value is -3.37. The second-order valence-corrected chi connectivity index (χ2v) is 5.57. The Balaban J connectivity index is 1.74. The second-order valence-electron chi connectivity index (χ2n) is 5.57. The van der Waals surface area contributed by atoms with Crippen LogP contribution in [0.5, 0.6) is 0 Å². The van der Waals surface area contributed by atoms with E-state index in [1.54, 1.807) is 0 Å². The van der Waals surface area contributed by atoms with Gasteiger partial charge < -0.3 is 10.6 Å². The number of aromatic nitrogens is 3. The molecule has 0 aliphatic rings. The monoisotopic (exact) mass is 399 g/mol. The molecule has 3 rings (SSSR count). The molecule has 28 heavy (non-hydrogen) atoms. The SMILES string of the molecule is FC(F)(F)c1ccc(Nc2nncc(Nc3cccc(C(F)(F)F)c3)n2)cc1. The van der Waals surface area contributed by atoms with Gasteiger partial charge >= 0.3 is 12.4 Å². The topological polar surface area (TPSA) is 62.7 Å². The zero-order valence-electron chi connectivity index (χ0n) is 13.8. The predicted octanol–water partition coefficient (Wildman–Crippen LogP) is 5.40. The number of rotatable bonds is 4. The zero-order valence-corrected chi connectivity index (χ0v) is 13.8. The first-order chi connectivity index (χ1) is 13.1. The number of alkyl halides is 6. The fourth-order valence-electron chi connectivity index (χ4n) is 2.21. The Morgan fingerprint density at radius 3 is 2.04 bits per heavy atom. The van der Waals surface area contributed by atoms with E-state index in [9.17, 15) is 26.3 Å². The molecule has 1 aromatic heterocycles. The molecule has 0 saturated heterocycles. The molecule has 0 aliphatic heterocycles. The summed E-state index contributed by atoms with van der Waals surface area (Å²) < 4.78 is 76.0. The van der Waals surface area contributed by atoms with Gasteiger partial charge in [-0.3, -0.25) is 0 Å². The second kappa shape index (κ2) is 7.33. The Morgan fingerprint density at radius 2 is 1.39 bits per heavy atom. The number of hydrogen-bond donors (Lipinski definition) is 2. The fraction of sp³-hybridized carbons (Fsp3) is 0.118. The average molecular weight is 399 g/mol. The highest BCUT2D eigenvalue weighted by Gasteiger charge is 2.31. The summed E-state index contributed by atoms with van der Waals surface area (Å²) in [5.74, 6) is 0.0560. The molecule has 3 aromatic rings. The van der Waals surface area contributed by atoms with Crippen LogP contribution in [0.4, 0.5) is 49.5 Å².